The summed E-state index contributed by atoms with van der Waals surface area (Å²) in [5, 5.41) is 17.9. The lowest BCUT2D eigenvalue weighted by atomic mass is 10.1. The van der Waals surface area contributed by atoms with Crippen LogP contribution in [0.3, 0.4) is 0 Å². The first-order valence-electron chi connectivity index (χ1n) is 9.23. The van der Waals surface area contributed by atoms with Gasteiger partial charge in [-0.3, -0.25) is 4.40 Å². The Morgan fingerprint density at radius 3 is 2.93 bits per heavy atom. The lowest BCUT2D eigenvalue weighted by molar-refractivity contribution is 0.751. The standard InChI is InChI=1S/C19H20N8/c1-12-9-18-20-10-16(27(18)11-14(12)19-23-25-26-24-19)15-7-4-8-17(22-15)21-13-5-2-3-6-13/h4,7-11,13H,2-3,5-6H2,1H3,(H,21,22)(H,23,24,25,26). The van der Waals surface area contributed by atoms with Crippen LogP contribution >= 0.6 is 0 Å². The second-order valence-corrected chi connectivity index (χ2v) is 7.01. The van der Waals surface area contributed by atoms with Gasteiger partial charge in [0, 0.05) is 17.8 Å². The topological polar surface area (TPSA) is 96.7 Å². The Hall–Kier alpha value is -3.29. The van der Waals surface area contributed by atoms with E-state index in [0.717, 1.165) is 34.0 Å². The predicted molar refractivity (Wildman–Crippen MR) is 102 cm³/mol. The number of hydrogen-bond donors (Lipinski definition) is 2. The fourth-order valence-corrected chi connectivity index (χ4v) is 3.76. The van der Waals surface area contributed by atoms with Crippen molar-refractivity contribution in [2.75, 3.05) is 5.32 Å². The van der Waals surface area contributed by atoms with E-state index in [1.807, 2.05) is 48.0 Å². The van der Waals surface area contributed by atoms with Gasteiger partial charge in [0.15, 0.2) is 0 Å². The molecule has 2 N–H and O–H groups in total. The van der Waals surface area contributed by atoms with Gasteiger partial charge in [-0.05, 0) is 48.7 Å². The van der Waals surface area contributed by atoms with Gasteiger partial charge in [0.1, 0.15) is 11.5 Å². The lowest BCUT2D eigenvalue weighted by Crippen LogP contribution is -2.15. The minimum Gasteiger partial charge on any atom is -0.367 e. The van der Waals surface area contributed by atoms with E-state index in [4.69, 9.17) is 4.98 Å². The van der Waals surface area contributed by atoms with E-state index in [0.29, 0.717) is 11.9 Å². The molecule has 0 unspecified atom stereocenters. The Balaban J connectivity index is 1.56. The lowest BCUT2D eigenvalue weighted by Gasteiger charge is -2.13. The van der Waals surface area contributed by atoms with E-state index in [1.54, 1.807) is 0 Å². The van der Waals surface area contributed by atoms with Crippen molar-refractivity contribution in [1.82, 2.24) is 35.0 Å². The summed E-state index contributed by atoms with van der Waals surface area (Å²) in [6.07, 6.45) is 8.88. The molecular weight excluding hydrogens is 340 g/mol. The Morgan fingerprint density at radius 2 is 2.11 bits per heavy atom. The van der Waals surface area contributed by atoms with Gasteiger partial charge in [-0.15, -0.1) is 10.2 Å². The molecule has 0 spiro atoms. The average Bonchev–Trinajstić information content (AvgIpc) is 3.43. The van der Waals surface area contributed by atoms with Crippen LogP contribution in [0.2, 0.25) is 0 Å². The zero-order valence-electron chi connectivity index (χ0n) is 15.1. The Bertz CT molecular complexity index is 1080. The number of aryl methyl sites for hydroxylation is 1. The Kier molecular flexibility index (Phi) is 3.81. The van der Waals surface area contributed by atoms with Crippen LogP contribution in [0.25, 0.3) is 28.4 Å². The molecule has 0 saturated heterocycles. The van der Waals surface area contributed by atoms with Gasteiger partial charge in [0.25, 0.3) is 0 Å². The second kappa shape index (κ2) is 6.46. The third kappa shape index (κ3) is 2.92. The van der Waals surface area contributed by atoms with Gasteiger partial charge in [-0.25, -0.2) is 9.97 Å². The number of rotatable bonds is 4. The molecule has 0 bridgehead atoms. The summed E-state index contributed by atoms with van der Waals surface area (Å²) in [5.41, 5.74) is 4.64. The Labute approximate surface area is 156 Å². The number of tetrazole rings is 1. The summed E-state index contributed by atoms with van der Waals surface area (Å²) in [6.45, 7) is 2.02. The molecule has 136 valence electrons. The molecule has 8 heteroatoms. The van der Waals surface area contributed by atoms with Crippen molar-refractivity contribution in [1.29, 1.82) is 0 Å². The van der Waals surface area contributed by atoms with Crippen LogP contribution in [0.4, 0.5) is 5.82 Å². The third-order valence-electron chi connectivity index (χ3n) is 5.16. The van der Waals surface area contributed by atoms with E-state index in [1.165, 1.54) is 25.7 Å². The van der Waals surface area contributed by atoms with E-state index in [2.05, 4.69) is 30.9 Å². The molecule has 0 aliphatic heterocycles. The van der Waals surface area contributed by atoms with Gasteiger partial charge in [0.05, 0.1) is 17.6 Å². The fourth-order valence-electron chi connectivity index (χ4n) is 3.76. The normalized spacial score (nSPS) is 14.9. The van der Waals surface area contributed by atoms with Crippen LogP contribution in [-0.4, -0.2) is 41.0 Å². The van der Waals surface area contributed by atoms with Crippen molar-refractivity contribution in [3.63, 3.8) is 0 Å². The molecule has 4 aromatic rings. The van der Waals surface area contributed by atoms with Gasteiger partial charge >= 0.3 is 0 Å². The molecule has 1 fully saturated rings. The van der Waals surface area contributed by atoms with Crippen LogP contribution in [0, 0.1) is 6.92 Å². The second-order valence-electron chi connectivity index (χ2n) is 7.01. The highest BCUT2D eigenvalue weighted by atomic mass is 15.5. The first-order chi connectivity index (χ1) is 13.3. The molecule has 4 heterocycles. The quantitative estimate of drug-likeness (QED) is 0.580. The number of pyridine rings is 2. The van der Waals surface area contributed by atoms with Crippen LogP contribution in [0.1, 0.15) is 31.2 Å². The SMILES string of the molecule is Cc1cc2ncc(-c3cccc(NC4CCCC4)n3)n2cc1-c1nn[nH]n1. The minimum absolute atomic E-state index is 0.530. The highest BCUT2D eigenvalue weighted by Crippen LogP contribution is 2.27. The molecule has 1 aliphatic rings. The molecule has 5 rings (SSSR count). The minimum atomic E-state index is 0.530. The number of nitrogens with zero attached hydrogens (tertiary/aromatic N) is 6. The number of aromatic nitrogens is 7. The van der Waals surface area contributed by atoms with Gasteiger partial charge in [0.2, 0.25) is 5.82 Å². The van der Waals surface area contributed by atoms with Gasteiger partial charge in [-0.1, -0.05) is 18.9 Å². The van der Waals surface area contributed by atoms with Crippen molar-refractivity contribution in [2.45, 2.75) is 38.6 Å². The molecule has 1 aliphatic carbocycles. The van der Waals surface area contributed by atoms with E-state index >= 15 is 0 Å². The predicted octanol–water partition coefficient (Wildman–Crippen LogP) is 3.24. The summed E-state index contributed by atoms with van der Waals surface area (Å²) in [7, 11) is 0. The number of hydrogen-bond acceptors (Lipinski definition) is 6. The largest absolute Gasteiger partial charge is 0.367 e. The molecule has 0 radical (unpaired) electrons. The molecule has 8 nitrogen and oxygen atoms in total. The van der Waals surface area contributed by atoms with E-state index in [-0.39, 0.29) is 0 Å². The Morgan fingerprint density at radius 1 is 1.22 bits per heavy atom. The molecular formula is C19H20N8. The van der Waals surface area contributed by atoms with Crippen molar-refractivity contribution < 1.29 is 0 Å². The zero-order valence-corrected chi connectivity index (χ0v) is 15.1. The number of fused-ring (bicyclic) bond motifs is 1. The average molecular weight is 360 g/mol. The highest BCUT2D eigenvalue weighted by Gasteiger charge is 2.16. The zero-order chi connectivity index (χ0) is 18.2. The van der Waals surface area contributed by atoms with Crippen molar-refractivity contribution in [3.8, 4) is 22.8 Å². The molecule has 0 aromatic carbocycles. The van der Waals surface area contributed by atoms with Crippen LogP contribution in [0.5, 0.6) is 0 Å². The summed E-state index contributed by atoms with van der Waals surface area (Å²) in [6, 6.07) is 8.63. The molecule has 1 saturated carbocycles. The number of nitrogens with one attached hydrogen (secondary N) is 2. The van der Waals surface area contributed by atoms with Crippen LogP contribution in [-0.2, 0) is 0 Å². The first-order valence-corrected chi connectivity index (χ1v) is 9.23. The monoisotopic (exact) mass is 360 g/mol. The molecule has 4 aromatic heterocycles. The third-order valence-corrected chi connectivity index (χ3v) is 5.16. The van der Waals surface area contributed by atoms with Crippen molar-refractivity contribution in [2.24, 2.45) is 0 Å². The van der Waals surface area contributed by atoms with Gasteiger partial charge in [-0.2, -0.15) is 5.21 Å². The number of imidazole rings is 1. The van der Waals surface area contributed by atoms with Crippen LogP contribution in [0.15, 0.2) is 36.7 Å². The molecule has 0 atom stereocenters. The summed E-state index contributed by atoms with van der Waals surface area (Å²) >= 11 is 0. The maximum atomic E-state index is 4.82. The maximum absolute atomic E-state index is 4.82. The van der Waals surface area contributed by atoms with E-state index in [9.17, 15) is 0 Å². The summed E-state index contributed by atoms with van der Waals surface area (Å²) < 4.78 is 2.03. The maximum Gasteiger partial charge on any atom is 0.206 e. The summed E-state index contributed by atoms with van der Waals surface area (Å²) in [4.78, 5) is 9.37. The molecule has 27 heavy (non-hydrogen) atoms. The number of H-pyrrole nitrogens is 1. The van der Waals surface area contributed by atoms with Crippen LogP contribution < -0.4 is 5.32 Å². The first kappa shape index (κ1) is 15.9. The van der Waals surface area contributed by atoms with Crippen molar-refractivity contribution in [3.05, 3.63) is 42.2 Å². The molecule has 0 amide bonds. The summed E-state index contributed by atoms with van der Waals surface area (Å²) in [5.74, 6) is 1.48. The number of aromatic amines is 1. The van der Waals surface area contributed by atoms with E-state index < -0.39 is 0 Å². The smallest absolute Gasteiger partial charge is 0.206 e. The van der Waals surface area contributed by atoms with Crippen molar-refractivity contribution >= 4 is 11.5 Å². The number of anilines is 1. The fraction of sp³-hybridized carbons (Fsp3) is 0.316. The van der Waals surface area contributed by atoms with Gasteiger partial charge < -0.3 is 5.32 Å². The highest BCUT2D eigenvalue weighted by molar-refractivity contribution is 5.67.